The Morgan fingerprint density at radius 2 is 0.933 bits per heavy atom. The van der Waals surface area contributed by atoms with Crippen molar-refractivity contribution in [1.82, 2.24) is 10.6 Å². The molecule has 2 aliphatic rings. The fraction of sp³-hybridized carbons (Fsp3) is 0.462. The lowest BCUT2D eigenvalue weighted by Crippen LogP contribution is -2.33. The Kier molecular flexibility index (Phi) is 6.83. The van der Waals surface area contributed by atoms with Crippen LogP contribution in [0.25, 0.3) is 11.1 Å². The van der Waals surface area contributed by atoms with E-state index in [2.05, 4.69) is 34.9 Å². The molecule has 2 aromatic carbocycles. The van der Waals surface area contributed by atoms with E-state index >= 15 is 0 Å². The summed E-state index contributed by atoms with van der Waals surface area (Å²) in [6.07, 6.45) is 10.2. The van der Waals surface area contributed by atoms with Gasteiger partial charge in [0, 0.05) is 12.1 Å². The number of hydrogen-bond acceptors (Lipinski definition) is 2. The Hall–Kier alpha value is -2.62. The van der Waals surface area contributed by atoms with Gasteiger partial charge in [0.25, 0.3) is 0 Å². The van der Waals surface area contributed by atoms with Gasteiger partial charge < -0.3 is 10.6 Å². The fourth-order valence-corrected chi connectivity index (χ4v) is 4.70. The molecule has 0 heterocycles. The van der Waals surface area contributed by atoms with Gasteiger partial charge in [-0.1, -0.05) is 74.2 Å². The summed E-state index contributed by atoms with van der Waals surface area (Å²) in [5.41, 5.74) is 4.32. The largest absolute Gasteiger partial charge is 0.353 e. The van der Waals surface area contributed by atoms with Gasteiger partial charge in [0.15, 0.2) is 0 Å². The van der Waals surface area contributed by atoms with Crippen LogP contribution in [0.5, 0.6) is 0 Å². The highest BCUT2D eigenvalue weighted by Gasteiger charge is 2.18. The quantitative estimate of drug-likeness (QED) is 0.711. The SMILES string of the molecule is O=C(Cc1ccc(-c2ccc(CC(=O)NC3CCCC3)cc2)cc1)NC1CCCC1. The molecular formula is C26H32N2O2. The van der Waals surface area contributed by atoms with Crippen LogP contribution in [0.1, 0.15) is 62.5 Å². The van der Waals surface area contributed by atoms with Crippen LogP contribution in [-0.2, 0) is 22.4 Å². The maximum Gasteiger partial charge on any atom is 0.224 e. The minimum Gasteiger partial charge on any atom is -0.353 e. The topological polar surface area (TPSA) is 58.2 Å². The van der Waals surface area contributed by atoms with Crippen LogP contribution in [-0.4, -0.2) is 23.9 Å². The lowest BCUT2D eigenvalue weighted by atomic mass is 10.0. The van der Waals surface area contributed by atoms with E-state index in [4.69, 9.17) is 0 Å². The van der Waals surface area contributed by atoms with E-state index in [1.807, 2.05) is 24.3 Å². The highest BCUT2D eigenvalue weighted by Crippen LogP contribution is 2.22. The summed E-state index contributed by atoms with van der Waals surface area (Å²) in [4.78, 5) is 24.4. The molecule has 158 valence electrons. The van der Waals surface area contributed by atoms with Crippen LogP contribution in [0.4, 0.5) is 0 Å². The molecule has 4 rings (SSSR count). The van der Waals surface area contributed by atoms with Crippen molar-refractivity contribution in [3.63, 3.8) is 0 Å². The molecule has 0 unspecified atom stereocenters. The third kappa shape index (κ3) is 5.71. The summed E-state index contributed by atoms with van der Waals surface area (Å²) in [6.45, 7) is 0. The van der Waals surface area contributed by atoms with Crippen molar-refractivity contribution in [2.45, 2.75) is 76.3 Å². The molecule has 0 spiro atoms. The molecular weight excluding hydrogens is 372 g/mol. The van der Waals surface area contributed by atoms with E-state index < -0.39 is 0 Å². The van der Waals surface area contributed by atoms with E-state index in [-0.39, 0.29) is 11.8 Å². The monoisotopic (exact) mass is 404 g/mol. The molecule has 0 atom stereocenters. The van der Waals surface area contributed by atoms with E-state index in [0.717, 1.165) is 47.9 Å². The number of amides is 2. The molecule has 2 fully saturated rings. The first-order valence-corrected chi connectivity index (χ1v) is 11.4. The van der Waals surface area contributed by atoms with Crippen LogP contribution >= 0.6 is 0 Å². The summed E-state index contributed by atoms with van der Waals surface area (Å²) in [7, 11) is 0. The fourth-order valence-electron chi connectivity index (χ4n) is 4.70. The van der Waals surface area contributed by atoms with Crippen molar-refractivity contribution in [1.29, 1.82) is 0 Å². The molecule has 2 saturated carbocycles. The molecule has 30 heavy (non-hydrogen) atoms. The van der Waals surface area contributed by atoms with Gasteiger partial charge in [0.1, 0.15) is 0 Å². The van der Waals surface area contributed by atoms with Gasteiger partial charge in [-0.15, -0.1) is 0 Å². The van der Waals surface area contributed by atoms with Gasteiger partial charge in [-0.3, -0.25) is 9.59 Å². The van der Waals surface area contributed by atoms with Gasteiger partial charge in [-0.05, 0) is 47.9 Å². The molecule has 0 aromatic heterocycles. The van der Waals surface area contributed by atoms with Crippen molar-refractivity contribution in [2.75, 3.05) is 0 Å². The number of carbonyl (C=O) groups excluding carboxylic acids is 2. The maximum absolute atomic E-state index is 12.2. The van der Waals surface area contributed by atoms with Gasteiger partial charge >= 0.3 is 0 Å². The predicted molar refractivity (Wildman–Crippen MR) is 120 cm³/mol. The predicted octanol–water partition coefficient (Wildman–Crippen LogP) is 4.56. The Labute approximate surface area is 179 Å². The van der Waals surface area contributed by atoms with Gasteiger partial charge in [-0.2, -0.15) is 0 Å². The van der Waals surface area contributed by atoms with Crippen molar-refractivity contribution < 1.29 is 9.59 Å². The molecule has 2 amide bonds. The summed E-state index contributed by atoms with van der Waals surface area (Å²) in [5, 5.41) is 6.29. The Balaban J connectivity index is 1.29. The standard InChI is InChI=1S/C26H32N2O2/c29-25(27-23-5-1-2-6-23)17-19-9-13-21(14-10-19)22-15-11-20(12-16-22)18-26(30)28-24-7-3-4-8-24/h9-16,23-24H,1-8,17-18H2,(H,27,29)(H,28,30). The first-order chi connectivity index (χ1) is 14.7. The smallest absolute Gasteiger partial charge is 0.224 e. The van der Waals surface area contributed by atoms with Crippen LogP contribution < -0.4 is 10.6 Å². The Morgan fingerprint density at radius 3 is 1.27 bits per heavy atom. The highest BCUT2D eigenvalue weighted by atomic mass is 16.2. The van der Waals surface area contributed by atoms with Crippen molar-refractivity contribution in [3.05, 3.63) is 59.7 Å². The molecule has 4 nitrogen and oxygen atoms in total. The lowest BCUT2D eigenvalue weighted by Gasteiger charge is -2.12. The summed E-state index contributed by atoms with van der Waals surface area (Å²) in [5.74, 6) is 0.241. The average Bonchev–Trinajstić information content (AvgIpc) is 3.43. The first kappa shape index (κ1) is 20.6. The van der Waals surface area contributed by atoms with E-state index in [9.17, 15) is 9.59 Å². The molecule has 0 bridgehead atoms. The second-order valence-electron chi connectivity index (χ2n) is 8.85. The zero-order valence-corrected chi connectivity index (χ0v) is 17.7. The Morgan fingerprint density at radius 1 is 0.600 bits per heavy atom. The third-order valence-electron chi connectivity index (χ3n) is 6.41. The number of carbonyl (C=O) groups is 2. The molecule has 2 N–H and O–H groups in total. The van der Waals surface area contributed by atoms with Crippen LogP contribution in [0, 0.1) is 0 Å². The van der Waals surface area contributed by atoms with Gasteiger partial charge in [0.05, 0.1) is 12.8 Å². The number of hydrogen-bond donors (Lipinski definition) is 2. The summed E-state index contributed by atoms with van der Waals surface area (Å²) < 4.78 is 0. The molecule has 0 radical (unpaired) electrons. The number of benzene rings is 2. The minimum absolute atomic E-state index is 0.120. The summed E-state index contributed by atoms with van der Waals surface area (Å²) >= 11 is 0. The zero-order valence-electron chi connectivity index (χ0n) is 17.7. The number of nitrogens with one attached hydrogen (secondary N) is 2. The normalized spacial score (nSPS) is 17.2. The second-order valence-corrected chi connectivity index (χ2v) is 8.85. The van der Waals surface area contributed by atoms with Crippen molar-refractivity contribution in [2.24, 2.45) is 0 Å². The maximum atomic E-state index is 12.2. The van der Waals surface area contributed by atoms with Crippen molar-refractivity contribution >= 4 is 11.8 Å². The van der Waals surface area contributed by atoms with Crippen molar-refractivity contribution in [3.8, 4) is 11.1 Å². The zero-order chi connectivity index (χ0) is 20.8. The van der Waals surface area contributed by atoms with E-state index in [1.54, 1.807) is 0 Å². The molecule has 4 heteroatoms. The lowest BCUT2D eigenvalue weighted by molar-refractivity contribution is -0.122. The molecule has 2 aromatic rings. The number of rotatable bonds is 7. The third-order valence-corrected chi connectivity index (χ3v) is 6.41. The highest BCUT2D eigenvalue weighted by molar-refractivity contribution is 5.80. The van der Waals surface area contributed by atoms with Gasteiger partial charge in [-0.25, -0.2) is 0 Å². The molecule has 0 aliphatic heterocycles. The van der Waals surface area contributed by atoms with E-state index in [1.165, 1.54) is 25.7 Å². The molecule has 2 aliphatic carbocycles. The van der Waals surface area contributed by atoms with Gasteiger partial charge in [0.2, 0.25) is 11.8 Å². The first-order valence-electron chi connectivity index (χ1n) is 11.4. The van der Waals surface area contributed by atoms with Crippen LogP contribution in [0.2, 0.25) is 0 Å². The Bertz CT molecular complexity index is 772. The molecule has 0 saturated heterocycles. The van der Waals surface area contributed by atoms with Crippen LogP contribution in [0.15, 0.2) is 48.5 Å². The van der Waals surface area contributed by atoms with E-state index in [0.29, 0.717) is 24.9 Å². The average molecular weight is 405 g/mol. The summed E-state index contributed by atoms with van der Waals surface area (Å²) in [6, 6.07) is 17.2. The second kappa shape index (κ2) is 9.92. The minimum atomic E-state index is 0.120. The van der Waals surface area contributed by atoms with Crippen LogP contribution in [0.3, 0.4) is 0 Å².